The van der Waals surface area contributed by atoms with Crippen LogP contribution in [0.15, 0.2) is 18.3 Å². The van der Waals surface area contributed by atoms with Crippen molar-refractivity contribution in [3.63, 3.8) is 0 Å². The molecule has 110 valence electrons. The zero-order valence-corrected chi connectivity index (χ0v) is 11.2. The van der Waals surface area contributed by atoms with Gasteiger partial charge >= 0.3 is 0 Å². The van der Waals surface area contributed by atoms with Crippen LogP contribution >= 0.6 is 0 Å². The Labute approximate surface area is 119 Å². The molecule has 1 fully saturated rings. The molecule has 0 bridgehead atoms. The molecule has 0 atom stereocenters. The Morgan fingerprint density at radius 3 is 2.33 bits per heavy atom. The van der Waals surface area contributed by atoms with Gasteiger partial charge < -0.3 is 0 Å². The molecule has 1 aromatic carbocycles. The Morgan fingerprint density at radius 2 is 1.76 bits per heavy atom. The number of aromatic nitrogens is 2. The molecule has 0 spiro atoms. The molecule has 0 amide bonds. The smallest absolute Gasteiger partial charge is 0.194 e. The fourth-order valence-electron chi connectivity index (χ4n) is 2.81. The van der Waals surface area contributed by atoms with Gasteiger partial charge in [-0.05, 0) is 12.8 Å². The van der Waals surface area contributed by atoms with Gasteiger partial charge in [-0.15, -0.1) is 0 Å². The number of aldehydes is 1. The van der Waals surface area contributed by atoms with Gasteiger partial charge in [-0.2, -0.15) is 5.10 Å². The second-order valence-electron chi connectivity index (χ2n) is 5.24. The van der Waals surface area contributed by atoms with Crippen molar-refractivity contribution in [2.24, 2.45) is 0 Å². The van der Waals surface area contributed by atoms with Crippen molar-refractivity contribution in [2.45, 2.75) is 31.6 Å². The molecule has 1 aliphatic rings. The second kappa shape index (κ2) is 5.35. The van der Waals surface area contributed by atoms with Crippen LogP contribution in [0.1, 0.15) is 47.7 Å². The van der Waals surface area contributed by atoms with Crippen LogP contribution in [0.25, 0.3) is 5.69 Å². The monoisotopic (exact) mass is 294 g/mol. The third-order valence-electron chi connectivity index (χ3n) is 3.87. The van der Waals surface area contributed by atoms with Gasteiger partial charge in [0.1, 0.15) is 0 Å². The van der Waals surface area contributed by atoms with E-state index in [2.05, 4.69) is 5.10 Å². The van der Waals surface area contributed by atoms with Gasteiger partial charge in [0.25, 0.3) is 0 Å². The summed E-state index contributed by atoms with van der Waals surface area (Å²) in [5.74, 6) is -3.88. The van der Waals surface area contributed by atoms with E-state index in [1.54, 1.807) is 0 Å². The van der Waals surface area contributed by atoms with E-state index in [1.807, 2.05) is 0 Å². The molecule has 21 heavy (non-hydrogen) atoms. The third kappa shape index (κ3) is 2.46. The van der Waals surface area contributed by atoms with Crippen molar-refractivity contribution in [2.75, 3.05) is 0 Å². The minimum absolute atomic E-state index is 0.0544. The molecule has 1 aromatic heterocycles. The molecule has 0 N–H and O–H groups in total. The first kappa shape index (κ1) is 13.9. The first-order valence-corrected chi connectivity index (χ1v) is 6.80. The standard InChI is InChI=1S/C15H13F3N2O/c16-12-5-11(6-13(17)14(12)18)20-7-10(8-21)15(19-20)9-3-1-2-4-9/h5-9H,1-4H2. The quantitative estimate of drug-likeness (QED) is 0.638. The normalized spacial score (nSPS) is 15.6. The highest BCUT2D eigenvalue weighted by atomic mass is 19.2. The summed E-state index contributed by atoms with van der Waals surface area (Å²) in [6.07, 6.45) is 6.17. The molecule has 1 saturated carbocycles. The van der Waals surface area contributed by atoms with E-state index in [1.165, 1.54) is 10.9 Å². The van der Waals surface area contributed by atoms with E-state index in [-0.39, 0.29) is 11.6 Å². The van der Waals surface area contributed by atoms with Crippen molar-refractivity contribution in [1.82, 2.24) is 9.78 Å². The molecular weight excluding hydrogens is 281 g/mol. The van der Waals surface area contributed by atoms with E-state index >= 15 is 0 Å². The molecule has 1 heterocycles. The lowest BCUT2D eigenvalue weighted by molar-refractivity contribution is 0.112. The molecule has 0 unspecified atom stereocenters. The van der Waals surface area contributed by atoms with Crippen molar-refractivity contribution in [3.8, 4) is 5.69 Å². The number of carbonyl (C=O) groups excluding carboxylic acids is 1. The molecule has 0 saturated heterocycles. The van der Waals surface area contributed by atoms with Gasteiger partial charge in [0, 0.05) is 24.2 Å². The van der Waals surface area contributed by atoms with Gasteiger partial charge in [-0.3, -0.25) is 4.79 Å². The predicted molar refractivity (Wildman–Crippen MR) is 70.0 cm³/mol. The van der Waals surface area contributed by atoms with Crippen LogP contribution < -0.4 is 0 Å². The van der Waals surface area contributed by atoms with Gasteiger partial charge in [0.05, 0.1) is 16.9 Å². The van der Waals surface area contributed by atoms with Gasteiger partial charge in [-0.1, -0.05) is 12.8 Å². The zero-order valence-electron chi connectivity index (χ0n) is 11.2. The molecular formula is C15H13F3N2O. The van der Waals surface area contributed by atoms with E-state index in [9.17, 15) is 18.0 Å². The van der Waals surface area contributed by atoms with Crippen molar-refractivity contribution in [1.29, 1.82) is 0 Å². The molecule has 0 aliphatic heterocycles. The first-order valence-electron chi connectivity index (χ1n) is 6.80. The highest BCUT2D eigenvalue weighted by molar-refractivity contribution is 5.76. The average molecular weight is 294 g/mol. The maximum atomic E-state index is 13.3. The summed E-state index contributed by atoms with van der Waals surface area (Å²) in [5, 5.41) is 4.27. The van der Waals surface area contributed by atoms with Crippen LogP contribution in [0, 0.1) is 17.5 Å². The summed E-state index contributed by atoms with van der Waals surface area (Å²) in [6.45, 7) is 0. The van der Waals surface area contributed by atoms with Crippen LogP contribution in [0.2, 0.25) is 0 Å². The molecule has 3 nitrogen and oxygen atoms in total. The number of carbonyl (C=O) groups is 1. The van der Waals surface area contributed by atoms with Crippen molar-refractivity contribution < 1.29 is 18.0 Å². The van der Waals surface area contributed by atoms with Crippen molar-refractivity contribution in [3.05, 3.63) is 47.0 Å². The van der Waals surface area contributed by atoms with Crippen LogP contribution in [0.3, 0.4) is 0 Å². The van der Waals surface area contributed by atoms with Gasteiger partial charge in [-0.25, -0.2) is 17.9 Å². The number of nitrogens with zero attached hydrogens (tertiary/aromatic N) is 2. The lowest BCUT2D eigenvalue weighted by Gasteiger charge is -2.06. The SMILES string of the molecule is O=Cc1cn(-c2cc(F)c(F)c(F)c2)nc1C1CCCC1. The second-order valence-corrected chi connectivity index (χ2v) is 5.24. The van der Waals surface area contributed by atoms with Gasteiger partial charge in [0.2, 0.25) is 0 Å². The third-order valence-corrected chi connectivity index (χ3v) is 3.87. The Bertz CT molecular complexity index is 667. The number of hydrogen-bond acceptors (Lipinski definition) is 2. The van der Waals surface area contributed by atoms with Gasteiger partial charge in [0.15, 0.2) is 23.7 Å². The summed E-state index contributed by atoms with van der Waals surface area (Å²) in [6, 6.07) is 1.72. The predicted octanol–water partition coefficient (Wildman–Crippen LogP) is 3.76. The summed E-state index contributed by atoms with van der Waals surface area (Å²) >= 11 is 0. The Balaban J connectivity index is 2.05. The van der Waals surface area contributed by atoms with Crippen LogP contribution in [0.5, 0.6) is 0 Å². The number of benzene rings is 1. The van der Waals surface area contributed by atoms with E-state index in [0.717, 1.165) is 37.8 Å². The first-order chi connectivity index (χ1) is 10.1. The van der Waals surface area contributed by atoms with Crippen LogP contribution in [-0.4, -0.2) is 16.1 Å². The largest absolute Gasteiger partial charge is 0.298 e. The molecule has 0 radical (unpaired) electrons. The topological polar surface area (TPSA) is 34.9 Å². The van der Waals surface area contributed by atoms with E-state index in [0.29, 0.717) is 17.5 Å². The number of rotatable bonds is 3. The fraction of sp³-hybridized carbons (Fsp3) is 0.333. The Morgan fingerprint density at radius 1 is 1.14 bits per heavy atom. The molecule has 3 rings (SSSR count). The molecule has 2 aromatic rings. The molecule has 1 aliphatic carbocycles. The molecule has 6 heteroatoms. The van der Waals surface area contributed by atoms with Crippen LogP contribution in [-0.2, 0) is 0 Å². The highest BCUT2D eigenvalue weighted by Gasteiger charge is 2.24. The number of halogens is 3. The summed E-state index contributed by atoms with van der Waals surface area (Å²) < 4.78 is 40.8. The summed E-state index contributed by atoms with van der Waals surface area (Å²) in [7, 11) is 0. The minimum atomic E-state index is -1.52. The minimum Gasteiger partial charge on any atom is -0.298 e. The summed E-state index contributed by atoms with van der Waals surface area (Å²) in [4.78, 5) is 11.2. The maximum absolute atomic E-state index is 13.3. The Kier molecular flexibility index (Phi) is 3.53. The zero-order chi connectivity index (χ0) is 15.0. The Hall–Kier alpha value is -2.11. The van der Waals surface area contributed by atoms with E-state index < -0.39 is 17.5 Å². The number of hydrogen-bond donors (Lipinski definition) is 0. The lowest BCUT2D eigenvalue weighted by atomic mass is 10.0. The fourth-order valence-corrected chi connectivity index (χ4v) is 2.81. The lowest BCUT2D eigenvalue weighted by Crippen LogP contribution is -2.02. The summed E-state index contributed by atoms with van der Waals surface area (Å²) in [5.41, 5.74) is 1.11. The van der Waals surface area contributed by atoms with Crippen molar-refractivity contribution >= 4 is 6.29 Å². The highest BCUT2D eigenvalue weighted by Crippen LogP contribution is 2.35. The maximum Gasteiger partial charge on any atom is 0.194 e. The average Bonchev–Trinajstić information content (AvgIpc) is 3.12. The van der Waals surface area contributed by atoms with E-state index in [4.69, 9.17) is 0 Å². The van der Waals surface area contributed by atoms with Crippen LogP contribution in [0.4, 0.5) is 13.2 Å².